The van der Waals surface area contributed by atoms with E-state index in [2.05, 4.69) is 19.1 Å². The molecule has 0 atom stereocenters. The smallest absolute Gasteiger partial charge is 0.0658 e. The monoisotopic (exact) mass is 179 g/mol. The summed E-state index contributed by atoms with van der Waals surface area (Å²) in [7, 11) is 0. The highest BCUT2D eigenvalue weighted by atomic mass is 32.2. The van der Waals surface area contributed by atoms with E-state index in [0.29, 0.717) is 5.04 Å². The molecular formula is C10H13NS. The first-order chi connectivity index (χ1) is 5.74. The minimum absolute atomic E-state index is 0.649. The molecule has 1 nitrogen and oxygen atoms in total. The van der Waals surface area contributed by atoms with Gasteiger partial charge in [0.2, 0.25) is 0 Å². The molecule has 0 aliphatic heterocycles. The van der Waals surface area contributed by atoms with E-state index in [1.54, 1.807) is 0 Å². The Morgan fingerprint density at radius 2 is 2.08 bits per heavy atom. The van der Waals surface area contributed by atoms with Gasteiger partial charge in [-0.15, -0.1) is 0 Å². The summed E-state index contributed by atoms with van der Waals surface area (Å²) in [6, 6.07) is 8.25. The van der Waals surface area contributed by atoms with Gasteiger partial charge < -0.3 is 0 Å². The van der Waals surface area contributed by atoms with Crippen molar-refractivity contribution in [2.24, 2.45) is 0 Å². The first-order valence-electron chi connectivity index (χ1n) is 4.05. The van der Waals surface area contributed by atoms with Crippen LogP contribution in [0.3, 0.4) is 0 Å². The highest BCUT2D eigenvalue weighted by Gasteiger charge is 2.00. The molecule has 2 heteroatoms. The number of rotatable bonds is 2. The zero-order valence-electron chi connectivity index (χ0n) is 7.42. The quantitative estimate of drug-likeness (QED) is 0.420. The number of hydrogen-bond acceptors (Lipinski definition) is 2. The number of hydrogen-bond donors (Lipinski definition) is 1. The first kappa shape index (κ1) is 9.33. The van der Waals surface area contributed by atoms with E-state index >= 15 is 0 Å². The summed E-state index contributed by atoms with van der Waals surface area (Å²) in [6.45, 7) is 3.95. The Balaban J connectivity index is 2.89. The second kappa shape index (κ2) is 4.31. The fraction of sp³-hybridized carbons (Fsp3) is 0.300. The first-order valence-corrected chi connectivity index (χ1v) is 4.86. The highest BCUT2D eigenvalue weighted by molar-refractivity contribution is 8.13. The molecular weight excluding hydrogens is 166 g/mol. The number of thioether (sulfide) groups is 1. The Morgan fingerprint density at radius 3 is 2.67 bits per heavy atom. The fourth-order valence-corrected chi connectivity index (χ4v) is 1.88. The lowest BCUT2D eigenvalue weighted by atomic mass is 10.2. The van der Waals surface area contributed by atoms with Crippen LogP contribution in [0.2, 0.25) is 0 Å². The Bertz CT molecular complexity index is 281. The van der Waals surface area contributed by atoms with Crippen molar-refractivity contribution in [3.63, 3.8) is 0 Å². The summed E-state index contributed by atoms with van der Waals surface area (Å²) >= 11 is 1.53. The molecule has 0 aliphatic carbocycles. The molecule has 0 fully saturated rings. The summed E-state index contributed by atoms with van der Waals surface area (Å²) in [5, 5.41) is 8.02. The summed E-state index contributed by atoms with van der Waals surface area (Å²) in [5.74, 6) is 0. The molecule has 0 amide bonds. The normalized spacial score (nSPS) is 9.83. The predicted molar refractivity (Wildman–Crippen MR) is 55.1 cm³/mol. The molecule has 0 saturated carbocycles. The molecule has 12 heavy (non-hydrogen) atoms. The van der Waals surface area contributed by atoms with E-state index in [1.807, 2.05) is 19.1 Å². The van der Waals surface area contributed by atoms with Gasteiger partial charge in [0, 0.05) is 4.90 Å². The third-order valence-electron chi connectivity index (χ3n) is 1.62. The van der Waals surface area contributed by atoms with Gasteiger partial charge in [-0.3, -0.25) is 5.41 Å². The minimum Gasteiger partial charge on any atom is -0.298 e. The van der Waals surface area contributed by atoms with E-state index < -0.39 is 0 Å². The standard InChI is InChI=1S/C10H13NS/c1-3-9-6-4-5-7-10(9)12-8(2)11/h4-7,11H,3H2,1-2H3. The van der Waals surface area contributed by atoms with Crippen LogP contribution in [0.25, 0.3) is 0 Å². The van der Waals surface area contributed by atoms with E-state index in [9.17, 15) is 0 Å². The van der Waals surface area contributed by atoms with Crippen LogP contribution < -0.4 is 0 Å². The second-order valence-corrected chi connectivity index (χ2v) is 3.88. The summed E-state index contributed by atoms with van der Waals surface area (Å²) in [6.07, 6.45) is 1.04. The molecule has 0 aromatic heterocycles. The van der Waals surface area contributed by atoms with Crippen molar-refractivity contribution in [2.75, 3.05) is 0 Å². The van der Waals surface area contributed by atoms with Crippen molar-refractivity contribution in [3.8, 4) is 0 Å². The number of benzene rings is 1. The average Bonchev–Trinajstić information content (AvgIpc) is 2.04. The zero-order valence-corrected chi connectivity index (χ0v) is 8.24. The SMILES string of the molecule is CCc1ccccc1SC(C)=N. The maximum atomic E-state index is 7.37. The second-order valence-electron chi connectivity index (χ2n) is 2.62. The van der Waals surface area contributed by atoms with Gasteiger partial charge in [0.15, 0.2) is 0 Å². The Kier molecular flexibility index (Phi) is 3.35. The van der Waals surface area contributed by atoms with Crippen molar-refractivity contribution in [3.05, 3.63) is 29.8 Å². The van der Waals surface area contributed by atoms with Crippen molar-refractivity contribution in [1.82, 2.24) is 0 Å². The lowest BCUT2D eigenvalue weighted by Crippen LogP contribution is -1.87. The molecule has 64 valence electrons. The van der Waals surface area contributed by atoms with Crippen LogP contribution in [0.15, 0.2) is 29.2 Å². The van der Waals surface area contributed by atoms with E-state index in [0.717, 1.165) is 6.42 Å². The molecule has 0 bridgehead atoms. The minimum atomic E-state index is 0.649. The van der Waals surface area contributed by atoms with Gasteiger partial charge in [0.25, 0.3) is 0 Å². The summed E-state index contributed by atoms with van der Waals surface area (Å²) in [4.78, 5) is 1.22. The summed E-state index contributed by atoms with van der Waals surface area (Å²) in [5.41, 5.74) is 1.33. The van der Waals surface area contributed by atoms with Crippen molar-refractivity contribution in [1.29, 1.82) is 5.41 Å². The van der Waals surface area contributed by atoms with Crippen molar-refractivity contribution >= 4 is 16.8 Å². The molecule has 0 aliphatic rings. The molecule has 0 heterocycles. The largest absolute Gasteiger partial charge is 0.298 e. The van der Waals surface area contributed by atoms with Crippen LogP contribution in [0.4, 0.5) is 0 Å². The Hall–Kier alpha value is -0.760. The maximum Gasteiger partial charge on any atom is 0.0658 e. The predicted octanol–water partition coefficient (Wildman–Crippen LogP) is 3.34. The topological polar surface area (TPSA) is 23.9 Å². The lowest BCUT2D eigenvalue weighted by Gasteiger charge is -2.04. The van der Waals surface area contributed by atoms with Crippen LogP contribution in [0, 0.1) is 5.41 Å². The van der Waals surface area contributed by atoms with Gasteiger partial charge in [0.1, 0.15) is 0 Å². The van der Waals surface area contributed by atoms with Gasteiger partial charge in [0.05, 0.1) is 5.04 Å². The van der Waals surface area contributed by atoms with Gasteiger partial charge in [-0.25, -0.2) is 0 Å². The molecule has 0 unspecified atom stereocenters. The Morgan fingerprint density at radius 1 is 1.42 bits per heavy atom. The fourth-order valence-electron chi connectivity index (χ4n) is 1.06. The third kappa shape index (κ3) is 2.38. The van der Waals surface area contributed by atoms with Crippen LogP contribution >= 0.6 is 11.8 Å². The van der Waals surface area contributed by atoms with E-state index in [-0.39, 0.29) is 0 Å². The molecule has 1 rings (SSSR count). The molecule has 0 saturated heterocycles. The molecule has 1 N–H and O–H groups in total. The van der Waals surface area contributed by atoms with Crippen molar-refractivity contribution < 1.29 is 0 Å². The summed E-state index contributed by atoms with van der Waals surface area (Å²) < 4.78 is 0. The van der Waals surface area contributed by atoms with Gasteiger partial charge in [-0.1, -0.05) is 36.9 Å². The highest BCUT2D eigenvalue weighted by Crippen LogP contribution is 2.23. The van der Waals surface area contributed by atoms with Gasteiger partial charge in [-0.2, -0.15) is 0 Å². The van der Waals surface area contributed by atoms with Crippen LogP contribution in [0.1, 0.15) is 19.4 Å². The maximum absolute atomic E-state index is 7.37. The molecule has 1 aromatic rings. The van der Waals surface area contributed by atoms with Gasteiger partial charge in [-0.05, 0) is 25.0 Å². The van der Waals surface area contributed by atoms with E-state index in [4.69, 9.17) is 5.41 Å². The van der Waals surface area contributed by atoms with Crippen LogP contribution in [0.5, 0.6) is 0 Å². The number of nitrogens with one attached hydrogen (secondary N) is 1. The third-order valence-corrected chi connectivity index (χ3v) is 2.54. The molecule has 0 spiro atoms. The Labute approximate surface area is 77.7 Å². The lowest BCUT2D eigenvalue weighted by molar-refractivity contribution is 1.08. The number of aryl methyl sites for hydroxylation is 1. The van der Waals surface area contributed by atoms with E-state index in [1.165, 1.54) is 22.2 Å². The van der Waals surface area contributed by atoms with Crippen LogP contribution in [-0.4, -0.2) is 5.04 Å². The zero-order chi connectivity index (χ0) is 8.97. The van der Waals surface area contributed by atoms with Crippen LogP contribution in [-0.2, 0) is 6.42 Å². The molecule has 1 aromatic carbocycles. The van der Waals surface area contributed by atoms with Gasteiger partial charge >= 0.3 is 0 Å². The average molecular weight is 179 g/mol. The molecule has 0 radical (unpaired) electrons. The van der Waals surface area contributed by atoms with Crippen molar-refractivity contribution in [2.45, 2.75) is 25.2 Å².